The molecule has 0 spiro atoms. The highest BCUT2D eigenvalue weighted by Gasteiger charge is 2.12. The number of carbonyl (C=O) groups is 1. The molecule has 3 nitrogen and oxygen atoms in total. The second-order valence-corrected chi connectivity index (χ2v) is 6.79. The largest absolute Gasteiger partial charge is 0.352 e. The van der Waals surface area contributed by atoms with Crippen LogP contribution in [-0.2, 0) is 4.79 Å². The van der Waals surface area contributed by atoms with Crippen LogP contribution in [-0.4, -0.2) is 24.2 Å². The minimum absolute atomic E-state index is 0.0718. The summed E-state index contributed by atoms with van der Waals surface area (Å²) in [6.45, 7) is 4.75. The van der Waals surface area contributed by atoms with Crippen molar-refractivity contribution >= 4 is 29.3 Å². The predicted molar refractivity (Wildman–Crippen MR) is 87.2 cm³/mol. The van der Waals surface area contributed by atoms with Crippen molar-refractivity contribution in [3.8, 4) is 0 Å². The third kappa shape index (κ3) is 7.17. The van der Waals surface area contributed by atoms with E-state index in [1.807, 2.05) is 24.3 Å². The normalized spacial score (nSPS) is 12.4. The molecule has 1 rings (SSSR count). The average Bonchev–Trinajstić information content (AvgIpc) is 2.39. The van der Waals surface area contributed by atoms with E-state index in [2.05, 4.69) is 19.2 Å². The van der Waals surface area contributed by atoms with Crippen LogP contribution in [0.1, 0.15) is 26.7 Å². The van der Waals surface area contributed by atoms with Gasteiger partial charge in [-0.15, -0.1) is 11.8 Å². The van der Waals surface area contributed by atoms with Gasteiger partial charge in [0.25, 0.3) is 0 Å². The zero-order chi connectivity index (χ0) is 15.0. The van der Waals surface area contributed by atoms with Gasteiger partial charge in [-0.3, -0.25) is 4.79 Å². The fourth-order valence-corrected chi connectivity index (χ4v) is 2.85. The Morgan fingerprint density at radius 3 is 2.55 bits per heavy atom. The highest BCUT2D eigenvalue weighted by Crippen LogP contribution is 2.20. The lowest BCUT2D eigenvalue weighted by atomic mass is 10.0. The smallest absolute Gasteiger partial charge is 0.221 e. The first-order valence-corrected chi connectivity index (χ1v) is 8.25. The lowest BCUT2D eigenvalue weighted by Crippen LogP contribution is -2.41. The van der Waals surface area contributed by atoms with Crippen molar-refractivity contribution in [3.05, 3.63) is 29.3 Å². The summed E-state index contributed by atoms with van der Waals surface area (Å²) < 4.78 is 0. The van der Waals surface area contributed by atoms with Gasteiger partial charge in [0.2, 0.25) is 5.91 Å². The number of amides is 1. The molecule has 1 atom stereocenters. The third-order valence-electron chi connectivity index (χ3n) is 2.82. The maximum Gasteiger partial charge on any atom is 0.221 e. The summed E-state index contributed by atoms with van der Waals surface area (Å²) in [5, 5.41) is 3.72. The maximum atomic E-state index is 11.8. The van der Waals surface area contributed by atoms with E-state index in [9.17, 15) is 4.79 Å². The summed E-state index contributed by atoms with van der Waals surface area (Å²) in [5.74, 6) is 1.36. The molecular formula is C15H23ClN2OS. The van der Waals surface area contributed by atoms with E-state index >= 15 is 0 Å². The minimum Gasteiger partial charge on any atom is -0.352 e. The van der Waals surface area contributed by atoms with E-state index in [0.717, 1.165) is 22.1 Å². The van der Waals surface area contributed by atoms with E-state index in [-0.39, 0.29) is 11.9 Å². The number of halogens is 1. The van der Waals surface area contributed by atoms with Gasteiger partial charge >= 0.3 is 0 Å². The number of benzene rings is 1. The second-order valence-electron chi connectivity index (χ2n) is 5.18. The molecule has 1 unspecified atom stereocenters. The lowest BCUT2D eigenvalue weighted by molar-refractivity contribution is -0.121. The Balaban J connectivity index is 2.27. The highest BCUT2D eigenvalue weighted by molar-refractivity contribution is 7.99. The summed E-state index contributed by atoms with van der Waals surface area (Å²) in [6.07, 6.45) is 1.43. The molecule has 0 bridgehead atoms. The van der Waals surface area contributed by atoms with Crippen LogP contribution >= 0.6 is 23.4 Å². The van der Waals surface area contributed by atoms with Crippen LogP contribution in [0.25, 0.3) is 0 Å². The fourth-order valence-electron chi connectivity index (χ4n) is 1.88. The van der Waals surface area contributed by atoms with E-state index in [0.29, 0.717) is 18.9 Å². The van der Waals surface area contributed by atoms with Gasteiger partial charge in [0, 0.05) is 34.7 Å². The van der Waals surface area contributed by atoms with Gasteiger partial charge in [-0.05, 0) is 36.6 Å². The summed E-state index contributed by atoms with van der Waals surface area (Å²) in [6, 6.07) is 7.73. The molecule has 0 aliphatic heterocycles. The Morgan fingerprint density at radius 1 is 1.35 bits per heavy atom. The van der Waals surface area contributed by atoms with Crippen molar-refractivity contribution < 1.29 is 4.79 Å². The van der Waals surface area contributed by atoms with Gasteiger partial charge in [-0.2, -0.15) is 0 Å². The first-order chi connectivity index (χ1) is 9.51. The number of hydrogen-bond acceptors (Lipinski definition) is 3. The van der Waals surface area contributed by atoms with Crippen LogP contribution in [0.5, 0.6) is 0 Å². The van der Waals surface area contributed by atoms with Gasteiger partial charge in [-0.1, -0.05) is 25.4 Å². The van der Waals surface area contributed by atoms with Gasteiger partial charge in [0.15, 0.2) is 0 Å². The summed E-state index contributed by atoms with van der Waals surface area (Å²) >= 11 is 7.48. The van der Waals surface area contributed by atoms with Crippen LogP contribution in [0.3, 0.4) is 0 Å². The number of nitrogens with two attached hydrogens (primary N) is 1. The molecule has 0 aliphatic rings. The summed E-state index contributed by atoms with van der Waals surface area (Å²) in [4.78, 5) is 13.0. The molecule has 20 heavy (non-hydrogen) atoms. The number of nitrogens with one attached hydrogen (secondary N) is 1. The first kappa shape index (κ1) is 17.3. The van der Waals surface area contributed by atoms with E-state index in [1.165, 1.54) is 0 Å². The van der Waals surface area contributed by atoms with Crippen molar-refractivity contribution in [1.82, 2.24) is 5.32 Å². The van der Waals surface area contributed by atoms with Gasteiger partial charge in [0.05, 0.1) is 0 Å². The Hall–Kier alpha value is -0.710. The molecule has 0 saturated heterocycles. The Bertz CT molecular complexity index is 409. The van der Waals surface area contributed by atoms with E-state index in [1.54, 1.807) is 11.8 Å². The van der Waals surface area contributed by atoms with Crippen LogP contribution in [0, 0.1) is 5.92 Å². The second kappa shape index (κ2) is 9.27. The van der Waals surface area contributed by atoms with E-state index in [4.69, 9.17) is 17.3 Å². The maximum absolute atomic E-state index is 11.8. The number of thioether (sulfide) groups is 1. The zero-order valence-corrected chi connectivity index (χ0v) is 13.6. The first-order valence-electron chi connectivity index (χ1n) is 6.89. The number of carbonyl (C=O) groups excluding carboxylic acids is 1. The molecule has 0 saturated carbocycles. The molecule has 0 aliphatic carbocycles. The molecule has 0 radical (unpaired) electrons. The summed E-state index contributed by atoms with van der Waals surface area (Å²) in [5.41, 5.74) is 5.67. The zero-order valence-electron chi connectivity index (χ0n) is 12.1. The van der Waals surface area contributed by atoms with Crippen molar-refractivity contribution in [1.29, 1.82) is 0 Å². The molecule has 1 amide bonds. The Kier molecular flexibility index (Phi) is 8.04. The average molecular weight is 315 g/mol. The number of hydrogen-bond donors (Lipinski definition) is 2. The van der Waals surface area contributed by atoms with Crippen molar-refractivity contribution in [3.63, 3.8) is 0 Å². The van der Waals surface area contributed by atoms with Gasteiger partial charge in [-0.25, -0.2) is 0 Å². The molecule has 1 aromatic rings. The predicted octanol–water partition coefficient (Wildman–Crippen LogP) is 3.31. The van der Waals surface area contributed by atoms with Crippen LogP contribution in [0.2, 0.25) is 5.02 Å². The van der Waals surface area contributed by atoms with E-state index < -0.39 is 0 Å². The highest BCUT2D eigenvalue weighted by atomic mass is 35.5. The quantitative estimate of drug-likeness (QED) is 0.724. The molecule has 112 valence electrons. The van der Waals surface area contributed by atoms with Gasteiger partial charge < -0.3 is 11.1 Å². The van der Waals surface area contributed by atoms with Crippen LogP contribution in [0.15, 0.2) is 29.2 Å². The van der Waals surface area contributed by atoms with Crippen LogP contribution in [0.4, 0.5) is 0 Å². The summed E-state index contributed by atoms with van der Waals surface area (Å²) in [7, 11) is 0. The molecule has 3 N–H and O–H groups in total. The topological polar surface area (TPSA) is 55.1 Å². The SMILES string of the molecule is CC(C)CC(CN)NC(=O)CCSc1ccc(Cl)cc1. The van der Waals surface area contributed by atoms with Crippen molar-refractivity contribution in [2.45, 2.75) is 37.6 Å². The number of rotatable bonds is 8. The Labute approximate surface area is 130 Å². The molecule has 5 heteroatoms. The standard InChI is InChI=1S/C15H23ClN2OS/c1-11(2)9-13(10-17)18-15(19)7-8-20-14-5-3-12(16)4-6-14/h3-6,11,13H,7-10,17H2,1-2H3,(H,18,19). The molecule has 0 fully saturated rings. The molecular weight excluding hydrogens is 292 g/mol. The Morgan fingerprint density at radius 2 is 2.00 bits per heavy atom. The molecule has 0 heterocycles. The lowest BCUT2D eigenvalue weighted by Gasteiger charge is -2.18. The van der Waals surface area contributed by atoms with Crippen molar-refractivity contribution in [2.24, 2.45) is 11.7 Å². The minimum atomic E-state index is 0.0718. The molecule has 1 aromatic carbocycles. The van der Waals surface area contributed by atoms with Gasteiger partial charge in [0.1, 0.15) is 0 Å². The third-order valence-corrected chi connectivity index (χ3v) is 4.08. The van der Waals surface area contributed by atoms with Crippen LogP contribution < -0.4 is 11.1 Å². The van der Waals surface area contributed by atoms with Crippen molar-refractivity contribution in [2.75, 3.05) is 12.3 Å². The monoisotopic (exact) mass is 314 g/mol. The molecule has 0 aromatic heterocycles. The fraction of sp³-hybridized carbons (Fsp3) is 0.533.